The predicted octanol–water partition coefficient (Wildman–Crippen LogP) is 0.0551. The minimum Gasteiger partial charge on any atom is -1.00 e. The topological polar surface area (TPSA) is 3.88 Å². The van der Waals surface area contributed by atoms with Gasteiger partial charge in [-0.05, 0) is 11.1 Å². The minimum atomic E-state index is 0. The van der Waals surface area contributed by atoms with E-state index in [2.05, 4.69) is 60.3 Å². The molecule has 1 aromatic heterocycles. The molecule has 1 nitrogen and oxygen atoms in total. The maximum absolute atomic E-state index is 2.18. The van der Waals surface area contributed by atoms with Gasteiger partial charge < -0.3 is 17.0 Å². The van der Waals surface area contributed by atoms with Gasteiger partial charge in [-0.1, -0.05) is 37.3 Å². The third-order valence-electron chi connectivity index (χ3n) is 2.48. The number of nitrogens with zero attached hydrogens (tertiary/aromatic N) is 1. The number of aromatic nitrogens is 1. The summed E-state index contributed by atoms with van der Waals surface area (Å²) in [6.07, 6.45) is 5.38. The molecule has 0 unspecified atom stereocenters. The van der Waals surface area contributed by atoms with Gasteiger partial charge in [0.15, 0.2) is 12.4 Å². The number of benzene rings is 1. The molecule has 0 spiro atoms. The average Bonchev–Trinajstić information content (AvgIpc) is 2.26. The number of pyridine rings is 1. The lowest BCUT2D eigenvalue weighted by Crippen LogP contribution is -3.00. The van der Waals surface area contributed by atoms with Crippen LogP contribution in [-0.4, -0.2) is 0 Å². The fourth-order valence-electron chi connectivity index (χ4n) is 1.50. The second-order valence-corrected chi connectivity index (χ2v) is 3.69. The van der Waals surface area contributed by atoms with E-state index in [0.717, 1.165) is 6.54 Å². The van der Waals surface area contributed by atoms with Gasteiger partial charge in [0.2, 0.25) is 0 Å². The molecule has 0 amide bonds. The Labute approximate surface area is 108 Å². The van der Waals surface area contributed by atoms with Gasteiger partial charge in [-0.25, -0.2) is 4.57 Å². The predicted molar refractivity (Wildman–Crippen MR) is 62.4 cm³/mol. The van der Waals surface area contributed by atoms with Gasteiger partial charge in [-0.2, -0.15) is 0 Å². The molecule has 84 valence electrons. The van der Waals surface area contributed by atoms with Gasteiger partial charge in [0, 0.05) is 18.6 Å². The lowest BCUT2D eigenvalue weighted by molar-refractivity contribution is -0.697. The quantitative estimate of drug-likeness (QED) is 0.584. The van der Waals surface area contributed by atoms with Crippen LogP contribution in [0.25, 0.3) is 11.1 Å². The van der Waals surface area contributed by atoms with Crippen LogP contribution in [0.2, 0.25) is 0 Å². The number of halogens is 1. The van der Waals surface area contributed by atoms with Crippen molar-refractivity contribution in [2.24, 2.45) is 0 Å². The van der Waals surface area contributed by atoms with Crippen molar-refractivity contribution in [3.63, 3.8) is 0 Å². The van der Waals surface area contributed by atoms with Crippen LogP contribution in [0.5, 0.6) is 0 Å². The number of hydrogen-bond donors (Lipinski definition) is 0. The zero-order valence-electron chi connectivity index (χ0n) is 9.44. The van der Waals surface area contributed by atoms with Gasteiger partial charge in [-0.15, -0.1) is 0 Å². The molecule has 2 aliphatic carbocycles. The third kappa shape index (κ3) is 3.17. The van der Waals surface area contributed by atoms with E-state index in [1.165, 1.54) is 17.5 Å². The Morgan fingerprint density at radius 2 is 1.38 bits per heavy atom. The summed E-state index contributed by atoms with van der Waals surface area (Å²) in [7, 11) is 0. The third-order valence-corrected chi connectivity index (χ3v) is 2.48. The molecule has 0 N–H and O–H groups in total. The molecule has 16 heavy (non-hydrogen) atoms. The molecule has 2 heteroatoms. The number of hydrogen-bond acceptors (Lipinski definition) is 0. The Morgan fingerprint density at radius 3 is 1.69 bits per heavy atom. The van der Waals surface area contributed by atoms with Crippen LogP contribution in [0.15, 0.2) is 54.9 Å². The van der Waals surface area contributed by atoms with Crippen LogP contribution < -0.4 is 21.5 Å². The molecule has 1 heterocycles. The van der Waals surface area contributed by atoms with Crippen molar-refractivity contribution in [2.45, 2.75) is 19.9 Å². The van der Waals surface area contributed by atoms with Crippen LogP contribution in [0, 0.1) is 0 Å². The Hall–Kier alpha value is -1.15. The standard InChI is InChI=1S/C8H12N.C6H4.BrH/c1-2-6-9-7-4-3-5-8-9;1-2-6-4-3-5(1)6;/h3-5,7-8H,2,6H2,1H3;1-4H;1H/q+1;;/p-1. The molecule has 0 aromatic carbocycles. The minimum absolute atomic E-state index is 0. The Kier molecular flexibility index (Phi) is 5.20. The Bertz CT molecular complexity index is 388. The summed E-state index contributed by atoms with van der Waals surface area (Å²) in [4.78, 5) is 0. The lowest BCUT2D eigenvalue weighted by atomic mass is 9.95. The first-order valence-corrected chi connectivity index (χ1v) is 5.44. The number of fused-ring (bicyclic) bond motifs is 1. The fourth-order valence-corrected chi connectivity index (χ4v) is 1.50. The van der Waals surface area contributed by atoms with E-state index in [-0.39, 0.29) is 17.0 Å². The van der Waals surface area contributed by atoms with Gasteiger partial charge in [0.05, 0.1) is 0 Å². The SMILES string of the molecule is CCC[n+]1ccccc1.[Br-].c1cc2ccc1-2. The summed E-state index contributed by atoms with van der Waals surface area (Å²) >= 11 is 0. The van der Waals surface area contributed by atoms with Crippen molar-refractivity contribution < 1.29 is 21.5 Å². The van der Waals surface area contributed by atoms with E-state index in [1.807, 2.05) is 6.07 Å². The summed E-state index contributed by atoms with van der Waals surface area (Å²) in [5.41, 5.74) is 2.85. The molecular formula is C14H16BrN. The highest BCUT2D eigenvalue weighted by Crippen LogP contribution is 2.29. The van der Waals surface area contributed by atoms with Crippen LogP contribution in [0.4, 0.5) is 0 Å². The Balaban J connectivity index is 0.000000159. The molecule has 0 bridgehead atoms. The zero-order chi connectivity index (χ0) is 10.5. The Morgan fingerprint density at radius 1 is 0.875 bits per heavy atom. The van der Waals surface area contributed by atoms with E-state index in [1.54, 1.807) is 0 Å². The molecule has 0 saturated carbocycles. The van der Waals surface area contributed by atoms with Crippen LogP contribution in [0.1, 0.15) is 13.3 Å². The molecule has 0 atom stereocenters. The zero-order valence-corrected chi connectivity index (χ0v) is 11.0. The second-order valence-electron chi connectivity index (χ2n) is 3.69. The van der Waals surface area contributed by atoms with Gasteiger partial charge in [0.1, 0.15) is 6.54 Å². The molecular weight excluding hydrogens is 262 g/mol. The van der Waals surface area contributed by atoms with Crippen molar-refractivity contribution in [2.75, 3.05) is 0 Å². The van der Waals surface area contributed by atoms with Crippen molar-refractivity contribution >= 4 is 0 Å². The average molecular weight is 278 g/mol. The molecule has 3 rings (SSSR count). The van der Waals surface area contributed by atoms with E-state index >= 15 is 0 Å². The first-order chi connectivity index (χ1) is 7.40. The molecule has 2 aliphatic rings. The molecule has 0 fully saturated rings. The number of aryl methyl sites for hydroxylation is 1. The van der Waals surface area contributed by atoms with Gasteiger partial charge in [0.25, 0.3) is 0 Å². The largest absolute Gasteiger partial charge is 1.00 e. The molecule has 0 radical (unpaired) electrons. The molecule has 0 saturated heterocycles. The van der Waals surface area contributed by atoms with Crippen molar-refractivity contribution in [1.82, 2.24) is 0 Å². The fraction of sp³-hybridized carbons (Fsp3) is 0.214. The first kappa shape index (κ1) is 12.9. The van der Waals surface area contributed by atoms with Crippen molar-refractivity contribution in [1.29, 1.82) is 0 Å². The van der Waals surface area contributed by atoms with Crippen molar-refractivity contribution in [3.05, 3.63) is 54.9 Å². The van der Waals surface area contributed by atoms with Crippen LogP contribution in [0.3, 0.4) is 0 Å². The van der Waals surface area contributed by atoms with E-state index in [4.69, 9.17) is 0 Å². The summed E-state index contributed by atoms with van der Waals surface area (Å²) in [5.74, 6) is 0. The van der Waals surface area contributed by atoms with E-state index in [9.17, 15) is 0 Å². The highest BCUT2D eigenvalue weighted by molar-refractivity contribution is 5.75. The summed E-state index contributed by atoms with van der Waals surface area (Å²) in [5, 5.41) is 0. The summed E-state index contributed by atoms with van der Waals surface area (Å²) in [6.45, 7) is 3.31. The molecule has 1 aromatic rings. The smallest absolute Gasteiger partial charge is 0.168 e. The van der Waals surface area contributed by atoms with Gasteiger partial charge in [-0.3, -0.25) is 0 Å². The molecule has 0 aliphatic heterocycles. The highest BCUT2D eigenvalue weighted by Gasteiger charge is 2.03. The summed E-state index contributed by atoms with van der Waals surface area (Å²) in [6, 6.07) is 14.6. The van der Waals surface area contributed by atoms with E-state index in [0.29, 0.717) is 0 Å². The van der Waals surface area contributed by atoms with E-state index < -0.39 is 0 Å². The second kappa shape index (κ2) is 6.44. The highest BCUT2D eigenvalue weighted by atomic mass is 79.9. The van der Waals surface area contributed by atoms with Crippen LogP contribution >= 0.6 is 0 Å². The maximum atomic E-state index is 2.18. The first-order valence-electron chi connectivity index (χ1n) is 5.44. The summed E-state index contributed by atoms with van der Waals surface area (Å²) < 4.78 is 2.18. The van der Waals surface area contributed by atoms with Crippen molar-refractivity contribution in [3.8, 4) is 11.1 Å². The monoisotopic (exact) mass is 277 g/mol. The van der Waals surface area contributed by atoms with Crippen LogP contribution in [-0.2, 0) is 6.54 Å². The maximum Gasteiger partial charge on any atom is 0.168 e. The van der Waals surface area contributed by atoms with Gasteiger partial charge >= 0.3 is 0 Å². The normalized spacial score (nSPS) is 9.56. The lowest BCUT2D eigenvalue weighted by Gasteiger charge is -2.10. The number of rotatable bonds is 2.